The fourth-order valence-electron chi connectivity index (χ4n) is 2.06. The molecule has 3 N–H and O–H groups in total. The Balaban J connectivity index is 0. The Labute approximate surface area is 177 Å². The van der Waals surface area contributed by atoms with Crippen LogP contribution in [0.3, 0.4) is 0 Å². The normalized spacial score (nSPS) is 16.4. The number of carbonyl (C=O) groups is 4. The first-order valence-electron chi connectivity index (χ1n) is 9.17. The van der Waals surface area contributed by atoms with Crippen LogP contribution in [0, 0.1) is 0 Å². The molecule has 10 nitrogen and oxygen atoms in total. The average molecular weight is 456 g/mol. The fourth-order valence-corrected chi connectivity index (χ4v) is 3.53. The van der Waals surface area contributed by atoms with Gasteiger partial charge in [0.25, 0.3) is 0 Å². The molecule has 0 aromatic rings. The largest absolute Gasteiger partial charge is 0.400 e. The van der Waals surface area contributed by atoms with Crippen molar-refractivity contribution in [1.82, 2.24) is 10.2 Å². The lowest BCUT2D eigenvalue weighted by molar-refractivity contribution is -0.138. The highest BCUT2D eigenvalue weighted by molar-refractivity contribution is 8.00. The molecule has 1 fully saturated rings. The summed E-state index contributed by atoms with van der Waals surface area (Å²) in [6.07, 6.45) is 0.360. The molecular formula is C17H33N2O8PS. The Morgan fingerprint density at radius 2 is 1.90 bits per heavy atom. The fraction of sp³-hybridized carbons (Fsp3) is 0.765. The van der Waals surface area contributed by atoms with Gasteiger partial charge in [0.1, 0.15) is 5.78 Å². The van der Waals surface area contributed by atoms with Gasteiger partial charge in [-0.1, -0.05) is 13.8 Å². The lowest BCUT2D eigenvalue weighted by Gasteiger charge is -2.14. The van der Waals surface area contributed by atoms with Crippen molar-refractivity contribution in [3.05, 3.63) is 0 Å². The van der Waals surface area contributed by atoms with Crippen LogP contribution in [-0.4, -0.2) is 83.3 Å². The highest BCUT2D eigenvalue weighted by atomic mass is 32.2. The summed E-state index contributed by atoms with van der Waals surface area (Å²) in [4.78, 5) is 56.8. The van der Waals surface area contributed by atoms with E-state index in [0.29, 0.717) is 5.75 Å². The van der Waals surface area contributed by atoms with E-state index in [9.17, 15) is 19.2 Å². The zero-order valence-corrected chi connectivity index (χ0v) is 19.4. The van der Waals surface area contributed by atoms with E-state index in [1.807, 2.05) is 13.8 Å². The predicted molar refractivity (Wildman–Crippen MR) is 112 cm³/mol. The van der Waals surface area contributed by atoms with E-state index >= 15 is 0 Å². The monoisotopic (exact) mass is 456 g/mol. The van der Waals surface area contributed by atoms with Gasteiger partial charge in [-0.05, 0) is 6.92 Å². The van der Waals surface area contributed by atoms with Crippen molar-refractivity contribution in [1.29, 1.82) is 0 Å². The van der Waals surface area contributed by atoms with Gasteiger partial charge in [0.15, 0.2) is 0 Å². The van der Waals surface area contributed by atoms with Crippen molar-refractivity contribution in [3.63, 3.8) is 0 Å². The molecule has 170 valence electrons. The third kappa shape index (κ3) is 13.7. The number of rotatable bonds is 12. The smallest absolute Gasteiger partial charge is 0.329 e. The SMILES string of the molecule is CC.CO.COP(O)OCCSC1CC(=O)N(CCC(=O)NCCC(C)=O)C1=O. The first-order chi connectivity index (χ1) is 13.8. The number of Topliss-reactive ketones (excluding diaryl/α,β-unsaturated/α-hetero) is 1. The van der Waals surface area contributed by atoms with Crippen molar-refractivity contribution in [2.75, 3.05) is 39.7 Å². The van der Waals surface area contributed by atoms with Gasteiger partial charge in [0.2, 0.25) is 17.7 Å². The van der Waals surface area contributed by atoms with Gasteiger partial charge in [-0.2, -0.15) is 0 Å². The maximum atomic E-state index is 12.2. The molecule has 0 bridgehead atoms. The van der Waals surface area contributed by atoms with Crippen LogP contribution in [0.4, 0.5) is 0 Å². The van der Waals surface area contributed by atoms with E-state index in [1.54, 1.807) is 0 Å². The number of nitrogens with zero attached hydrogens (tertiary/aromatic N) is 1. The summed E-state index contributed by atoms with van der Waals surface area (Å²) in [6, 6.07) is 0. The minimum Gasteiger partial charge on any atom is -0.400 e. The number of nitrogens with one attached hydrogen (secondary N) is 1. The van der Waals surface area contributed by atoms with Crippen LogP contribution in [0.2, 0.25) is 0 Å². The lowest BCUT2D eigenvalue weighted by atomic mass is 10.3. The predicted octanol–water partition coefficient (Wildman–Crippen LogP) is 0.849. The van der Waals surface area contributed by atoms with Crippen LogP contribution in [0.5, 0.6) is 0 Å². The highest BCUT2D eigenvalue weighted by Crippen LogP contribution is 2.32. The molecule has 0 aliphatic carbocycles. The van der Waals surface area contributed by atoms with E-state index in [0.717, 1.165) is 12.0 Å². The van der Waals surface area contributed by atoms with Gasteiger partial charge in [0.05, 0.1) is 11.9 Å². The standard InChI is InChI=1S/C14H23N2O7PS.C2H6.CH4O/c1-10(17)3-5-15-12(18)4-6-16-13(19)9-11(14(16)20)25-8-7-23-24(21)22-2;2*1-2/h11,21H,3-9H2,1-2H3,(H,15,18);1-2H3;2H,1H3. The molecule has 1 heterocycles. The molecule has 0 saturated carbocycles. The molecule has 1 aliphatic heterocycles. The molecule has 1 aliphatic rings. The maximum Gasteiger partial charge on any atom is 0.329 e. The number of hydrogen-bond acceptors (Lipinski definition) is 9. The summed E-state index contributed by atoms with van der Waals surface area (Å²) in [7, 11) is 0.431. The molecule has 12 heteroatoms. The number of ketones is 1. The second kappa shape index (κ2) is 18.9. The number of amides is 3. The summed E-state index contributed by atoms with van der Waals surface area (Å²) in [6.45, 7) is 5.93. The summed E-state index contributed by atoms with van der Waals surface area (Å²) in [5, 5.41) is 9.08. The number of aliphatic hydroxyl groups is 1. The summed E-state index contributed by atoms with van der Waals surface area (Å²) < 4.78 is 9.54. The summed E-state index contributed by atoms with van der Waals surface area (Å²) in [5.74, 6) is -0.507. The van der Waals surface area contributed by atoms with E-state index in [-0.39, 0.29) is 62.5 Å². The highest BCUT2D eigenvalue weighted by Gasteiger charge is 2.38. The van der Waals surface area contributed by atoms with Gasteiger partial charge in [0, 0.05) is 52.3 Å². The zero-order valence-electron chi connectivity index (χ0n) is 17.7. The molecule has 1 saturated heterocycles. The summed E-state index contributed by atoms with van der Waals surface area (Å²) >= 11 is 1.27. The van der Waals surface area contributed by atoms with E-state index < -0.39 is 13.9 Å². The molecule has 0 radical (unpaired) electrons. The first-order valence-corrected chi connectivity index (χ1v) is 11.4. The number of imide groups is 1. The Kier molecular flexibility index (Phi) is 19.6. The average Bonchev–Trinajstić information content (AvgIpc) is 2.99. The summed E-state index contributed by atoms with van der Waals surface area (Å²) in [5.41, 5.74) is 0. The Bertz CT molecular complexity index is 510. The van der Waals surface area contributed by atoms with Crippen LogP contribution in [-0.2, 0) is 28.2 Å². The van der Waals surface area contributed by atoms with Crippen molar-refractivity contribution in [2.45, 2.75) is 45.3 Å². The molecule has 3 amide bonds. The van der Waals surface area contributed by atoms with Crippen LogP contribution in [0.1, 0.15) is 40.0 Å². The van der Waals surface area contributed by atoms with Gasteiger partial charge in [-0.3, -0.25) is 24.1 Å². The topological polar surface area (TPSA) is 142 Å². The molecule has 0 spiro atoms. The molecular weight excluding hydrogens is 423 g/mol. The van der Waals surface area contributed by atoms with Crippen molar-refractivity contribution in [3.8, 4) is 0 Å². The van der Waals surface area contributed by atoms with Gasteiger partial charge >= 0.3 is 8.60 Å². The quantitative estimate of drug-likeness (QED) is 0.221. The van der Waals surface area contributed by atoms with Gasteiger partial charge < -0.3 is 24.4 Å². The van der Waals surface area contributed by atoms with Gasteiger partial charge in [-0.15, -0.1) is 11.8 Å². The number of aliphatic hydroxyl groups excluding tert-OH is 1. The van der Waals surface area contributed by atoms with Crippen molar-refractivity contribution in [2.24, 2.45) is 0 Å². The minimum atomic E-state index is -1.89. The number of carbonyl (C=O) groups excluding carboxylic acids is 4. The van der Waals surface area contributed by atoms with Crippen LogP contribution < -0.4 is 5.32 Å². The molecule has 29 heavy (non-hydrogen) atoms. The number of thioether (sulfide) groups is 1. The molecule has 0 aromatic carbocycles. The molecule has 2 atom stereocenters. The Morgan fingerprint density at radius 1 is 1.28 bits per heavy atom. The molecule has 1 rings (SSSR count). The van der Waals surface area contributed by atoms with E-state index in [1.165, 1.54) is 25.8 Å². The second-order valence-corrected chi connectivity index (χ2v) is 7.66. The van der Waals surface area contributed by atoms with Crippen molar-refractivity contribution >= 4 is 43.9 Å². The third-order valence-corrected chi connectivity index (χ3v) is 5.21. The third-order valence-electron chi connectivity index (χ3n) is 3.32. The van der Waals surface area contributed by atoms with Crippen LogP contribution in [0.25, 0.3) is 0 Å². The molecule has 2 unspecified atom stereocenters. The zero-order chi connectivity index (χ0) is 22.8. The first kappa shape index (κ1) is 30.1. The van der Waals surface area contributed by atoms with Crippen LogP contribution >= 0.6 is 20.4 Å². The lowest BCUT2D eigenvalue weighted by Crippen LogP contribution is -2.36. The maximum absolute atomic E-state index is 12.2. The second-order valence-electron chi connectivity index (χ2n) is 5.25. The number of likely N-dealkylation sites (tertiary alicyclic amines) is 1. The number of hydrogen-bond donors (Lipinski definition) is 3. The Hall–Kier alpha value is -1.10. The molecule has 0 aromatic heterocycles. The van der Waals surface area contributed by atoms with Crippen molar-refractivity contribution < 1.29 is 38.2 Å². The van der Waals surface area contributed by atoms with Crippen LogP contribution in [0.15, 0.2) is 0 Å². The van der Waals surface area contributed by atoms with E-state index in [2.05, 4.69) is 9.84 Å². The Morgan fingerprint density at radius 3 is 2.45 bits per heavy atom. The van der Waals surface area contributed by atoms with Gasteiger partial charge in [-0.25, -0.2) is 0 Å². The van der Waals surface area contributed by atoms with E-state index in [4.69, 9.17) is 14.5 Å². The minimum absolute atomic E-state index is 0.0124.